The molecule has 1 aliphatic heterocycles. The average Bonchev–Trinajstić information content (AvgIpc) is 3.04. The molecule has 2 aromatic carbocycles. The molecule has 1 fully saturated rings. The van der Waals surface area contributed by atoms with Crippen molar-refractivity contribution in [2.24, 2.45) is 0 Å². The van der Waals surface area contributed by atoms with Crippen LogP contribution in [0.4, 0.5) is 0 Å². The quantitative estimate of drug-likeness (QED) is 0.623. The molecular weight excluding hydrogens is 368 g/mol. The van der Waals surface area contributed by atoms with Gasteiger partial charge in [0.05, 0.1) is 37.9 Å². The number of aromatic nitrogens is 2. The fraction of sp³-hybridized carbons (Fsp3) is 0.364. The highest BCUT2D eigenvalue weighted by atomic mass is 16.5. The Hall–Kier alpha value is -2.90. The first kappa shape index (κ1) is 19.4. The average molecular weight is 394 g/mol. The molecule has 1 N–H and O–H groups in total. The Labute approximate surface area is 169 Å². The summed E-state index contributed by atoms with van der Waals surface area (Å²) >= 11 is 0. The largest absolute Gasteiger partial charge is 0.497 e. The summed E-state index contributed by atoms with van der Waals surface area (Å²) in [5.74, 6) is 0.692. The zero-order chi connectivity index (χ0) is 20.2. The smallest absolute Gasteiger partial charge is 0.203 e. The van der Waals surface area contributed by atoms with Crippen LogP contribution in [0.3, 0.4) is 0 Å². The van der Waals surface area contributed by atoms with E-state index in [1.165, 1.54) is 0 Å². The second-order valence-corrected chi connectivity index (χ2v) is 7.16. The summed E-state index contributed by atoms with van der Waals surface area (Å²) in [6, 6.07) is 15.0. The van der Waals surface area contributed by atoms with E-state index < -0.39 is 0 Å². The molecule has 0 saturated carbocycles. The minimum absolute atomic E-state index is 0.0257. The van der Waals surface area contributed by atoms with Crippen molar-refractivity contribution in [2.75, 3.05) is 40.0 Å². The van der Waals surface area contributed by atoms with Crippen LogP contribution < -0.4 is 10.4 Å². The number of nitrogens with one attached hydrogen (secondary N) is 1. The number of imidazole rings is 1. The van der Waals surface area contributed by atoms with Gasteiger partial charge in [0.2, 0.25) is 5.62 Å². The van der Waals surface area contributed by atoms with Gasteiger partial charge in [0.1, 0.15) is 5.75 Å². The molecule has 7 nitrogen and oxygen atoms in total. The maximum Gasteiger partial charge on any atom is 0.203 e. The van der Waals surface area contributed by atoms with E-state index in [0.717, 1.165) is 49.6 Å². The highest BCUT2D eigenvalue weighted by molar-refractivity contribution is 5.96. The van der Waals surface area contributed by atoms with Gasteiger partial charge in [-0.3, -0.25) is 15.1 Å². The third-order valence-electron chi connectivity index (χ3n) is 5.43. The Balaban J connectivity index is 1.59. The molecule has 1 saturated heterocycles. The van der Waals surface area contributed by atoms with Crippen molar-refractivity contribution in [3.8, 4) is 5.75 Å². The zero-order valence-electron chi connectivity index (χ0n) is 16.6. The molecular formula is C22H26N4O3. The van der Waals surface area contributed by atoms with E-state index in [1.54, 1.807) is 35.9 Å². The maximum absolute atomic E-state index is 12.8. The summed E-state index contributed by atoms with van der Waals surface area (Å²) in [7, 11) is 1.60. The number of methoxy groups -OCH3 is 1. The van der Waals surface area contributed by atoms with Crippen LogP contribution in [0.1, 0.15) is 10.4 Å². The number of carbonyl (C=O) groups excluding carboxylic acids is 1. The van der Waals surface area contributed by atoms with Crippen molar-refractivity contribution in [2.45, 2.75) is 13.1 Å². The van der Waals surface area contributed by atoms with Gasteiger partial charge < -0.3 is 18.6 Å². The van der Waals surface area contributed by atoms with Gasteiger partial charge in [0.25, 0.3) is 0 Å². The van der Waals surface area contributed by atoms with E-state index in [9.17, 15) is 4.79 Å². The molecule has 0 atom stereocenters. The van der Waals surface area contributed by atoms with Crippen molar-refractivity contribution in [3.05, 3.63) is 59.7 Å². The molecule has 152 valence electrons. The van der Waals surface area contributed by atoms with Crippen molar-refractivity contribution >= 4 is 16.8 Å². The van der Waals surface area contributed by atoms with Crippen LogP contribution in [0.5, 0.6) is 5.75 Å². The first-order valence-corrected chi connectivity index (χ1v) is 9.87. The summed E-state index contributed by atoms with van der Waals surface area (Å²) in [4.78, 5) is 15.2. The topological polar surface area (TPSA) is 72.5 Å². The first-order valence-electron chi connectivity index (χ1n) is 9.87. The molecule has 1 aliphatic rings. The van der Waals surface area contributed by atoms with E-state index in [-0.39, 0.29) is 12.3 Å². The van der Waals surface area contributed by atoms with Crippen molar-refractivity contribution in [1.82, 2.24) is 14.0 Å². The van der Waals surface area contributed by atoms with Gasteiger partial charge in [-0.15, -0.1) is 0 Å². The highest BCUT2D eigenvalue weighted by Crippen LogP contribution is 2.16. The molecule has 0 bridgehead atoms. The minimum Gasteiger partial charge on any atom is -0.497 e. The van der Waals surface area contributed by atoms with Gasteiger partial charge in [-0.25, -0.2) is 0 Å². The van der Waals surface area contributed by atoms with Gasteiger partial charge in [-0.1, -0.05) is 12.1 Å². The predicted octanol–water partition coefficient (Wildman–Crippen LogP) is 2.15. The van der Waals surface area contributed by atoms with Crippen LogP contribution >= 0.6 is 0 Å². The third kappa shape index (κ3) is 4.11. The number of fused-ring (bicyclic) bond motifs is 1. The number of morpholine rings is 1. The van der Waals surface area contributed by atoms with Gasteiger partial charge in [0, 0.05) is 31.7 Å². The summed E-state index contributed by atoms with van der Waals surface area (Å²) in [6.07, 6.45) is 0. The number of para-hydroxylation sites is 2. The van der Waals surface area contributed by atoms with Crippen LogP contribution in [0.25, 0.3) is 11.0 Å². The number of ketones is 1. The third-order valence-corrected chi connectivity index (χ3v) is 5.43. The van der Waals surface area contributed by atoms with Crippen LogP contribution in [-0.4, -0.2) is 59.8 Å². The van der Waals surface area contributed by atoms with Crippen LogP contribution in [0, 0.1) is 5.41 Å². The zero-order valence-corrected chi connectivity index (χ0v) is 16.6. The number of nitrogens with zero attached hydrogens (tertiary/aromatic N) is 3. The maximum atomic E-state index is 12.8. The Kier molecular flexibility index (Phi) is 5.78. The Morgan fingerprint density at radius 2 is 1.66 bits per heavy atom. The molecule has 0 unspecified atom stereocenters. The Morgan fingerprint density at radius 3 is 2.31 bits per heavy atom. The lowest BCUT2D eigenvalue weighted by Crippen LogP contribution is -2.39. The number of carbonyl (C=O) groups is 1. The molecule has 0 amide bonds. The number of hydrogen-bond donors (Lipinski definition) is 1. The monoisotopic (exact) mass is 394 g/mol. The first-order chi connectivity index (χ1) is 14.2. The highest BCUT2D eigenvalue weighted by Gasteiger charge is 2.16. The predicted molar refractivity (Wildman–Crippen MR) is 110 cm³/mol. The van der Waals surface area contributed by atoms with Crippen LogP contribution in [-0.2, 0) is 17.8 Å². The lowest BCUT2D eigenvalue weighted by molar-refractivity contribution is 0.0363. The van der Waals surface area contributed by atoms with Crippen LogP contribution in [0.2, 0.25) is 0 Å². The number of Topliss-reactive ketones (excluding diaryl/α,β-unsaturated/α-hetero) is 1. The van der Waals surface area contributed by atoms with Crippen LogP contribution in [0.15, 0.2) is 48.5 Å². The van der Waals surface area contributed by atoms with Gasteiger partial charge in [0.15, 0.2) is 5.78 Å². The molecule has 0 aliphatic carbocycles. The fourth-order valence-corrected chi connectivity index (χ4v) is 3.76. The molecule has 2 heterocycles. The second-order valence-electron chi connectivity index (χ2n) is 7.16. The van der Waals surface area contributed by atoms with Crippen molar-refractivity contribution < 1.29 is 14.3 Å². The van der Waals surface area contributed by atoms with Gasteiger partial charge in [-0.2, -0.15) is 0 Å². The molecule has 4 rings (SSSR count). The molecule has 1 aromatic heterocycles. The Bertz CT molecular complexity index is 1050. The minimum atomic E-state index is -0.0257. The molecule has 29 heavy (non-hydrogen) atoms. The van der Waals surface area contributed by atoms with E-state index in [4.69, 9.17) is 14.9 Å². The fourth-order valence-electron chi connectivity index (χ4n) is 3.76. The van der Waals surface area contributed by atoms with E-state index in [0.29, 0.717) is 17.7 Å². The van der Waals surface area contributed by atoms with E-state index in [1.807, 2.05) is 28.8 Å². The number of ether oxygens (including phenoxy) is 2. The normalized spacial score (nSPS) is 14.9. The number of rotatable bonds is 7. The molecule has 0 spiro atoms. The van der Waals surface area contributed by atoms with Crippen molar-refractivity contribution in [3.63, 3.8) is 0 Å². The lowest BCUT2D eigenvalue weighted by atomic mass is 10.1. The SMILES string of the molecule is COc1ccc(C(=O)Cn2c(=N)n(CCN3CCOCC3)c3ccccc32)cc1. The Morgan fingerprint density at radius 1 is 1.00 bits per heavy atom. The van der Waals surface area contributed by atoms with Crippen molar-refractivity contribution in [1.29, 1.82) is 5.41 Å². The summed E-state index contributed by atoms with van der Waals surface area (Å²) < 4.78 is 14.4. The number of benzene rings is 2. The summed E-state index contributed by atoms with van der Waals surface area (Å²) in [5, 5.41) is 8.72. The van der Waals surface area contributed by atoms with Gasteiger partial charge >= 0.3 is 0 Å². The second kappa shape index (κ2) is 8.63. The van der Waals surface area contributed by atoms with E-state index >= 15 is 0 Å². The summed E-state index contributed by atoms with van der Waals surface area (Å²) in [5.41, 5.74) is 2.85. The molecule has 0 radical (unpaired) electrons. The van der Waals surface area contributed by atoms with E-state index in [2.05, 4.69) is 4.90 Å². The molecule has 7 heteroatoms. The van der Waals surface area contributed by atoms with Gasteiger partial charge in [-0.05, 0) is 36.4 Å². The number of hydrogen-bond acceptors (Lipinski definition) is 5. The lowest BCUT2D eigenvalue weighted by Gasteiger charge is -2.26. The summed E-state index contributed by atoms with van der Waals surface area (Å²) in [6.45, 7) is 5.07. The molecule has 3 aromatic rings. The standard InChI is InChI=1S/C22H26N4O3/c1-28-18-8-6-17(7-9-18)21(27)16-26-20-5-3-2-4-19(20)25(22(26)23)11-10-24-12-14-29-15-13-24/h2-9,23H,10-16H2,1H3.